The molecule has 6 heteroatoms. The normalized spacial score (nSPS) is 14.5. The number of benzene rings is 3. The van der Waals surface area contributed by atoms with E-state index in [4.69, 9.17) is 23.2 Å². The quantitative estimate of drug-likeness (QED) is 0.341. The van der Waals surface area contributed by atoms with Crippen LogP contribution in [0.15, 0.2) is 54.6 Å². The first-order chi connectivity index (χ1) is 15.3. The lowest BCUT2D eigenvalue weighted by Crippen LogP contribution is -2.30. The van der Waals surface area contributed by atoms with Crippen molar-refractivity contribution in [2.24, 2.45) is 0 Å². The van der Waals surface area contributed by atoms with E-state index in [1.807, 2.05) is 42.5 Å². The molecule has 0 aromatic heterocycles. The first kappa shape index (κ1) is 22.9. The number of halogens is 5. The van der Waals surface area contributed by atoms with Crippen LogP contribution in [0.25, 0.3) is 16.7 Å². The van der Waals surface area contributed by atoms with Gasteiger partial charge in [-0.05, 0) is 60.7 Å². The van der Waals surface area contributed by atoms with Crippen molar-refractivity contribution in [1.29, 1.82) is 0 Å². The van der Waals surface area contributed by atoms with Crippen molar-refractivity contribution in [3.05, 3.63) is 98.8 Å². The molecule has 1 heterocycles. The summed E-state index contributed by atoms with van der Waals surface area (Å²) < 4.78 is 41.8. The minimum Gasteiger partial charge on any atom is -0.299 e. The highest BCUT2D eigenvalue weighted by atomic mass is 35.5. The molecule has 0 unspecified atom stereocenters. The van der Waals surface area contributed by atoms with Crippen molar-refractivity contribution in [2.75, 3.05) is 19.6 Å². The molecule has 4 rings (SSSR count). The Morgan fingerprint density at radius 2 is 1.75 bits per heavy atom. The average Bonchev–Trinajstić information content (AvgIpc) is 2.79. The number of rotatable bonds is 5. The van der Waals surface area contributed by atoms with Crippen molar-refractivity contribution < 1.29 is 13.2 Å². The Kier molecular flexibility index (Phi) is 6.94. The summed E-state index contributed by atoms with van der Waals surface area (Å²) in [5.41, 5.74) is 3.63. The Hall–Kier alpha value is -2.27. The molecule has 0 radical (unpaired) electrons. The van der Waals surface area contributed by atoms with E-state index in [1.54, 1.807) is 0 Å². The van der Waals surface area contributed by atoms with Crippen LogP contribution < -0.4 is 0 Å². The van der Waals surface area contributed by atoms with Gasteiger partial charge in [-0.3, -0.25) is 4.90 Å². The molecule has 1 aliphatic heterocycles. The van der Waals surface area contributed by atoms with Crippen LogP contribution in [0.1, 0.15) is 23.1 Å². The molecular formula is C26H22Cl2F3N. The summed E-state index contributed by atoms with van der Waals surface area (Å²) in [6, 6.07) is 14.6. The van der Waals surface area contributed by atoms with E-state index in [0.717, 1.165) is 47.8 Å². The Bertz CT molecular complexity index is 1190. The molecule has 1 aliphatic rings. The van der Waals surface area contributed by atoms with Crippen LogP contribution in [-0.4, -0.2) is 24.5 Å². The topological polar surface area (TPSA) is 3.24 Å². The van der Waals surface area contributed by atoms with Crippen LogP contribution in [0.5, 0.6) is 0 Å². The third kappa shape index (κ3) is 4.88. The molecule has 0 amide bonds. The van der Waals surface area contributed by atoms with Gasteiger partial charge in [0.1, 0.15) is 5.82 Å². The monoisotopic (exact) mass is 475 g/mol. The maximum absolute atomic E-state index is 14.4. The third-order valence-corrected chi connectivity index (χ3v) is 6.45. The van der Waals surface area contributed by atoms with Gasteiger partial charge in [0.05, 0.1) is 0 Å². The smallest absolute Gasteiger partial charge is 0.164 e. The minimum atomic E-state index is -1.12. The molecule has 3 aromatic rings. The van der Waals surface area contributed by atoms with Crippen LogP contribution in [-0.2, 0) is 6.42 Å². The number of nitrogens with zero attached hydrogens (tertiary/aromatic N) is 1. The highest BCUT2D eigenvalue weighted by molar-refractivity contribution is 6.34. The summed E-state index contributed by atoms with van der Waals surface area (Å²) in [7, 11) is 0. The Morgan fingerprint density at radius 3 is 2.44 bits per heavy atom. The van der Waals surface area contributed by atoms with Crippen LogP contribution in [0.4, 0.5) is 13.2 Å². The van der Waals surface area contributed by atoms with Gasteiger partial charge in [-0.1, -0.05) is 53.5 Å². The van der Waals surface area contributed by atoms with Crippen molar-refractivity contribution >= 4 is 28.8 Å². The second-order valence-corrected chi connectivity index (χ2v) is 8.86. The molecular weight excluding hydrogens is 454 g/mol. The van der Waals surface area contributed by atoms with Gasteiger partial charge >= 0.3 is 0 Å². The SMILES string of the molecule is Cc1c(F)c(F)cc(C2=CCN(CCc3ccc(-c4cccc(Cl)c4)c(Cl)c3)CC2)c1F. The standard InChI is InChI=1S/C26H22Cl2F3N/c1-16-25(30)22(15-24(29)26(16)31)18-8-11-32(12-9-18)10-7-17-5-6-21(23(28)13-17)19-3-2-4-20(27)14-19/h2-6,8,13-15H,7,9-12H2,1H3. The third-order valence-electron chi connectivity index (χ3n) is 5.90. The van der Waals surface area contributed by atoms with Gasteiger partial charge in [-0.25, -0.2) is 13.2 Å². The molecule has 3 aromatic carbocycles. The number of hydrogen-bond acceptors (Lipinski definition) is 1. The highest BCUT2D eigenvalue weighted by Gasteiger charge is 2.20. The average molecular weight is 476 g/mol. The van der Waals surface area contributed by atoms with Crippen molar-refractivity contribution in [1.82, 2.24) is 4.90 Å². The first-order valence-electron chi connectivity index (χ1n) is 10.4. The van der Waals surface area contributed by atoms with Gasteiger partial charge < -0.3 is 0 Å². The zero-order valence-corrected chi connectivity index (χ0v) is 19.1. The van der Waals surface area contributed by atoms with Crippen molar-refractivity contribution in [3.63, 3.8) is 0 Å². The minimum absolute atomic E-state index is 0.157. The molecule has 0 fully saturated rings. The lowest BCUT2D eigenvalue weighted by molar-refractivity contribution is 0.305. The van der Waals surface area contributed by atoms with E-state index in [-0.39, 0.29) is 11.1 Å². The molecule has 0 spiro atoms. The molecule has 0 bridgehead atoms. The van der Waals surface area contributed by atoms with Crippen LogP contribution in [0.2, 0.25) is 10.0 Å². The lowest BCUT2D eigenvalue weighted by Gasteiger charge is -2.27. The van der Waals surface area contributed by atoms with Crippen LogP contribution in [0.3, 0.4) is 0 Å². The van der Waals surface area contributed by atoms with E-state index in [9.17, 15) is 13.2 Å². The first-order valence-corrected chi connectivity index (χ1v) is 11.2. The molecule has 0 saturated heterocycles. The fraction of sp³-hybridized carbons (Fsp3) is 0.231. The molecule has 0 N–H and O–H groups in total. The Balaban J connectivity index is 1.40. The van der Waals surface area contributed by atoms with Gasteiger partial charge in [-0.2, -0.15) is 0 Å². The molecule has 166 valence electrons. The van der Waals surface area contributed by atoms with Gasteiger partial charge in [0.25, 0.3) is 0 Å². The van der Waals surface area contributed by atoms with Crippen molar-refractivity contribution in [3.8, 4) is 11.1 Å². The Morgan fingerprint density at radius 1 is 0.938 bits per heavy atom. The zero-order chi connectivity index (χ0) is 22.8. The second-order valence-electron chi connectivity index (χ2n) is 8.01. The fourth-order valence-electron chi connectivity index (χ4n) is 4.01. The summed E-state index contributed by atoms with van der Waals surface area (Å²) in [6.07, 6.45) is 3.29. The van der Waals surface area contributed by atoms with E-state index in [0.29, 0.717) is 23.0 Å². The van der Waals surface area contributed by atoms with Crippen molar-refractivity contribution in [2.45, 2.75) is 19.8 Å². The van der Waals surface area contributed by atoms with Gasteiger partial charge in [0.15, 0.2) is 11.6 Å². The molecule has 0 aliphatic carbocycles. The molecule has 0 saturated carbocycles. The second kappa shape index (κ2) is 9.70. The summed E-state index contributed by atoms with van der Waals surface area (Å²) in [5.74, 6) is -2.82. The fourth-order valence-corrected chi connectivity index (χ4v) is 4.52. The highest BCUT2D eigenvalue weighted by Crippen LogP contribution is 2.31. The van der Waals surface area contributed by atoms with Gasteiger partial charge in [-0.15, -0.1) is 0 Å². The maximum Gasteiger partial charge on any atom is 0.164 e. The van der Waals surface area contributed by atoms with E-state index in [2.05, 4.69) is 11.0 Å². The summed E-state index contributed by atoms with van der Waals surface area (Å²) in [5, 5.41) is 1.34. The van der Waals surface area contributed by atoms with E-state index < -0.39 is 17.5 Å². The molecule has 1 nitrogen and oxygen atoms in total. The summed E-state index contributed by atoms with van der Waals surface area (Å²) in [6.45, 7) is 3.42. The van der Waals surface area contributed by atoms with Gasteiger partial charge in [0.2, 0.25) is 0 Å². The largest absolute Gasteiger partial charge is 0.299 e. The predicted octanol–water partition coefficient (Wildman–Crippen LogP) is 7.72. The lowest BCUT2D eigenvalue weighted by atomic mass is 9.96. The molecule has 32 heavy (non-hydrogen) atoms. The van der Waals surface area contributed by atoms with Crippen LogP contribution >= 0.6 is 23.2 Å². The zero-order valence-electron chi connectivity index (χ0n) is 17.6. The maximum atomic E-state index is 14.4. The Labute approximate surface area is 196 Å². The predicted molar refractivity (Wildman–Crippen MR) is 126 cm³/mol. The van der Waals surface area contributed by atoms with Crippen LogP contribution in [0, 0.1) is 24.4 Å². The number of hydrogen-bond donors (Lipinski definition) is 0. The summed E-state index contributed by atoms with van der Waals surface area (Å²) >= 11 is 12.6. The summed E-state index contributed by atoms with van der Waals surface area (Å²) in [4.78, 5) is 2.24. The van der Waals surface area contributed by atoms with E-state index in [1.165, 1.54) is 6.92 Å². The van der Waals surface area contributed by atoms with Gasteiger partial charge in [0, 0.05) is 46.4 Å². The molecule has 0 atom stereocenters. The van der Waals surface area contributed by atoms with E-state index >= 15 is 0 Å².